The van der Waals surface area contributed by atoms with Gasteiger partial charge < -0.3 is 17.3 Å². The van der Waals surface area contributed by atoms with Gasteiger partial charge in [-0.2, -0.15) is 0 Å². The predicted molar refractivity (Wildman–Crippen MR) is 77.1 cm³/mol. The first kappa shape index (κ1) is 14.4. The van der Waals surface area contributed by atoms with E-state index in [-0.39, 0.29) is 0 Å². The van der Waals surface area contributed by atoms with Gasteiger partial charge in [0.15, 0.2) is 0 Å². The lowest BCUT2D eigenvalue weighted by atomic mass is 10.1. The summed E-state index contributed by atoms with van der Waals surface area (Å²) in [5.41, 5.74) is 2.03. The van der Waals surface area contributed by atoms with Crippen LogP contribution in [0.5, 0.6) is 0 Å². The lowest BCUT2D eigenvalue weighted by Crippen LogP contribution is -2.16. The third kappa shape index (κ3) is 3.03. The zero-order chi connectivity index (χ0) is 15.7. The monoisotopic (exact) mass is 307 g/mol. The molecule has 0 aliphatic carbocycles. The Bertz CT molecular complexity index is 936. The molecule has 0 bridgehead atoms. The van der Waals surface area contributed by atoms with Crippen LogP contribution in [0, 0.1) is 0 Å². The van der Waals surface area contributed by atoms with Crippen LogP contribution >= 0.6 is 0 Å². The number of benzene rings is 2. The van der Waals surface area contributed by atoms with Crippen LogP contribution in [0.2, 0.25) is 0 Å². The summed E-state index contributed by atoms with van der Waals surface area (Å²) in [6, 6.07) is 18.6. The van der Waals surface area contributed by atoms with E-state index in [0.717, 1.165) is 16.5 Å². The number of para-hydroxylation sites is 1. The standard InChI is InChI=1S/C15H10NO.BF4/c1-2-6-12-10-16-14(9-11(12)5-1)13-7-3-4-8-15(13)17-16;2-1(3,4)5/h1-10H;/q+1;-1. The molecule has 0 amide bonds. The quantitative estimate of drug-likeness (QED) is 0.263. The van der Waals surface area contributed by atoms with E-state index in [1.807, 2.05) is 35.0 Å². The maximum Gasteiger partial charge on any atom is 0.673 e. The zero-order valence-corrected chi connectivity index (χ0v) is 11.2. The smallest absolute Gasteiger partial charge is 0.418 e. The van der Waals surface area contributed by atoms with Crippen LogP contribution in [0.1, 0.15) is 0 Å². The molecule has 2 heterocycles. The number of hydrogen-bond donors (Lipinski definition) is 0. The highest BCUT2D eigenvalue weighted by molar-refractivity contribution is 6.50. The fraction of sp³-hybridized carbons (Fsp3) is 0. The van der Waals surface area contributed by atoms with E-state index < -0.39 is 7.25 Å². The van der Waals surface area contributed by atoms with Gasteiger partial charge in [0, 0.05) is 10.6 Å². The maximum absolute atomic E-state index is 9.75. The van der Waals surface area contributed by atoms with Crippen molar-refractivity contribution in [3.05, 3.63) is 60.8 Å². The Morgan fingerprint density at radius 2 is 1.41 bits per heavy atom. The highest BCUT2D eigenvalue weighted by Crippen LogP contribution is 2.21. The van der Waals surface area contributed by atoms with Crippen molar-refractivity contribution in [3.8, 4) is 0 Å². The van der Waals surface area contributed by atoms with Crippen molar-refractivity contribution >= 4 is 34.5 Å². The SMILES string of the molecule is F[B-](F)(F)F.c1ccc2c[n+]3oc4ccccc4c3cc2c1. The van der Waals surface area contributed by atoms with E-state index in [1.165, 1.54) is 10.8 Å². The molecule has 4 aromatic rings. The molecule has 2 aromatic heterocycles. The highest BCUT2D eigenvalue weighted by atomic mass is 19.5. The average Bonchev–Trinajstić information content (AvgIpc) is 2.80. The van der Waals surface area contributed by atoms with Gasteiger partial charge in [-0.15, -0.1) is 0 Å². The Kier molecular flexibility index (Phi) is 3.48. The molecule has 0 saturated heterocycles. The molecule has 0 N–H and O–H groups in total. The van der Waals surface area contributed by atoms with Gasteiger partial charge in [0.05, 0.1) is 5.39 Å². The Morgan fingerprint density at radius 1 is 0.818 bits per heavy atom. The van der Waals surface area contributed by atoms with Crippen LogP contribution in [0.3, 0.4) is 0 Å². The lowest BCUT2D eigenvalue weighted by molar-refractivity contribution is -0.710. The zero-order valence-electron chi connectivity index (χ0n) is 11.2. The molecular formula is C15H10BF4NO. The second kappa shape index (κ2) is 5.33. The van der Waals surface area contributed by atoms with Crippen LogP contribution < -0.4 is 4.57 Å². The molecule has 2 aromatic carbocycles. The maximum atomic E-state index is 9.75. The molecule has 2 nitrogen and oxygen atoms in total. The summed E-state index contributed by atoms with van der Waals surface area (Å²) in [6.45, 7) is 0. The minimum Gasteiger partial charge on any atom is -0.418 e. The molecule has 0 aliphatic rings. The van der Waals surface area contributed by atoms with Gasteiger partial charge >= 0.3 is 7.25 Å². The molecule has 0 saturated carbocycles. The van der Waals surface area contributed by atoms with Crippen molar-refractivity contribution in [2.45, 2.75) is 0 Å². The first-order valence-corrected chi connectivity index (χ1v) is 6.51. The summed E-state index contributed by atoms with van der Waals surface area (Å²) in [4.78, 5) is 0. The van der Waals surface area contributed by atoms with Crippen molar-refractivity contribution in [2.75, 3.05) is 0 Å². The topological polar surface area (TPSA) is 17.2 Å². The van der Waals surface area contributed by atoms with Gasteiger partial charge in [-0.05, 0) is 23.6 Å². The molecular weight excluding hydrogens is 297 g/mol. The molecule has 0 aliphatic heterocycles. The normalized spacial score (nSPS) is 11.6. The van der Waals surface area contributed by atoms with E-state index in [4.69, 9.17) is 4.52 Å². The average molecular weight is 307 g/mol. The molecule has 22 heavy (non-hydrogen) atoms. The lowest BCUT2D eigenvalue weighted by Gasteiger charge is -1.94. The number of halogens is 4. The van der Waals surface area contributed by atoms with Crippen LogP contribution in [0.15, 0.2) is 65.3 Å². The van der Waals surface area contributed by atoms with Gasteiger partial charge in [0.2, 0.25) is 11.8 Å². The van der Waals surface area contributed by atoms with Crippen LogP contribution in [-0.4, -0.2) is 7.25 Å². The molecule has 0 atom stereocenters. The number of rotatable bonds is 0. The molecule has 7 heteroatoms. The van der Waals surface area contributed by atoms with Crippen molar-refractivity contribution in [2.24, 2.45) is 0 Å². The molecule has 0 unspecified atom stereocenters. The summed E-state index contributed by atoms with van der Waals surface area (Å²) in [7, 11) is -6.00. The number of aromatic nitrogens is 1. The Balaban J connectivity index is 0.000000254. The minimum atomic E-state index is -6.00. The third-order valence-corrected chi connectivity index (χ3v) is 3.14. The van der Waals surface area contributed by atoms with E-state index in [9.17, 15) is 17.3 Å². The fourth-order valence-corrected chi connectivity index (χ4v) is 2.30. The van der Waals surface area contributed by atoms with Crippen LogP contribution in [0.25, 0.3) is 27.3 Å². The molecule has 0 fully saturated rings. The van der Waals surface area contributed by atoms with E-state index in [0.29, 0.717) is 0 Å². The van der Waals surface area contributed by atoms with Crippen LogP contribution in [-0.2, 0) is 0 Å². The second-order valence-corrected chi connectivity index (χ2v) is 4.70. The van der Waals surface area contributed by atoms with Gasteiger partial charge in [-0.3, -0.25) is 0 Å². The summed E-state index contributed by atoms with van der Waals surface area (Å²) in [5, 5.41) is 3.57. The first-order valence-electron chi connectivity index (χ1n) is 6.51. The first-order chi connectivity index (χ1) is 10.4. The predicted octanol–water partition coefficient (Wildman–Crippen LogP) is 4.62. The summed E-state index contributed by atoms with van der Waals surface area (Å²) < 4.78 is 46.6. The van der Waals surface area contributed by atoms with Gasteiger partial charge in [-0.1, -0.05) is 30.3 Å². The minimum absolute atomic E-state index is 0.919. The number of nitrogens with zero attached hydrogens (tertiary/aromatic N) is 1. The Hall–Kier alpha value is -2.57. The molecule has 4 rings (SSSR count). The van der Waals surface area contributed by atoms with Crippen molar-refractivity contribution in [1.82, 2.24) is 0 Å². The second-order valence-electron chi connectivity index (χ2n) is 4.70. The third-order valence-electron chi connectivity index (χ3n) is 3.14. The summed E-state index contributed by atoms with van der Waals surface area (Å²) in [5.74, 6) is 0. The van der Waals surface area contributed by atoms with E-state index in [1.54, 1.807) is 0 Å². The summed E-state index contributed by atoms with van der Waals surface area (Å²) >= 11 is 0. The number of fused-ring (bicyclic) bond motifs is 4. The summed E-state index contributed by atoms with van der Waals surface area (Å²) in [6.07, 6.45) is 2.03. The number of pyridine rings is 1. The molecule has 112 valence electrons. The van der Waals surface area contributed by atoms with Crippen LogP contribution in [0.4, 0.5) is 17.3 Å². The largest absolute Gasteiger partial charge is 0.673 e. The molecule has 0 spiro atoms. The van der Waals surface area contributed by atoms with Crippen molar-refractivity contribution in [1.29, 1.82) is 0 Å². The highest BCUT2D eigenvalue weighted by Gasteiger charge is 2.20. The fourth-order valence-electron chi connectivity index (χ4n) is 2.30. The molecule has 0 radical (unpaired) electrons. The van der Waals surface area contributed by atoms with Gasteiger partial charge in [0.25, 0.3) is 5.52 Å². The Morgan fingerprint density at radius 3 is 2.14 bits per heavy atom. The van der Waals surface area contributed by atoms with Crippen molar-refractivity contribution < 1.29 is 26.4 Å². The van der Waals surface area contributed by atoms with E-state index in [2.05, 4.69) is 30.3 Å². The Labute approximate surface area is 122 Å². The van der Waals surface area contributed by atoms with E-state index >= 15 is 0 Å². The van der Waals surface area contributed by atoms with Gasteiger partial charge in [0.1, 0.15) is 5.39 Å². The van der Waals surface area contributed by atoms with Crippen molar-refractivity contribution in [3.63, 3.8) is 0 Å². The number of hydrogen-bond acceptors (Lipinski definition) is 1. The van der Waals surface area contributed by atoms with Gasteiger partial charge in [-0.25, -0.2) is 4.52 Å².